The second kappa shape index (κ2) is 6.37. The Labute approximate surface area is 147 Å². The molecule has 0 aliphatic heterocycles. The highest BCUT2D eigenvalue weighted by Crippen LogP contribution is 2.29. The zero-order valence-electron chi connectivity index (χ0n) is 12.9. The third-order valence-electron chi connectivity index (χ3n) is 3.70. The molecule has 4 aromatic rings. The Hall–Kier alpha value is -3.18. The van der Waals surface area contributed by atoms with E-state index in [9.17, 15) is 4.79 Å². The topological polar surface area (TPSA) is 71.8 Å². The maximum Gasteiger partial charge on any atom is 0.259 e. The lowest BCUT2D eigenvalue weighted by Crippen LogP contribution is -2.09. The third-order valence-corrected chi connectivity index (χ3v) is 4.03. The number of fused-ring (bicyclic) bond motifs is 1. The molecule has 3 heterocycles. The maximum atomic E-state index is 12.0. The molecule has 0 spiro atoms. The van der Waals surface area contributed by atoms with Crippen LogP contribution in [0, 0.1) is 0 Å². The molecule has 4 rings (SSSR count). The van der Waals surface area contributed by atoms with Crippen LogP contribution in [0.25, 0.3) is 34.4 Å². The van der Waals surface area contributed by atoms with Gasteiger partial charge in [0.15, 0.2) is 0 Å². The lowest BCUT2D eigenvalue weighted by molar-refractivity contribution is 0.572. The molecule has 1 N–H and O–H groups in total. The fourth-order valence-electron chi connectivity index (χ4n) is 2.50. The summed E-state index contributed by atoms with van der Waals surface area (Å²) >= 11 is 6.18. The molecule has 3 aromatic heterocycles. The van der Waals surface area contributed by atoms with Crippen LogP contribution in [0.15, 0.2) is 64.1 Å². The molecular formula is C19H12ClN3O2. The van der Waals surface area contributed by atoms with Crippen LogP contribution in [0.1, 0.15) is 11.6 Å². The summed E-state index contributed by atoms with van der Waals surface area (Å²) in [6.07, 6.45) is 6.54. The van der Waals surface area contributed by atoms with Crippen molar-refractivity contribution >= 4 is 34.7 Å². The van der Waals surface area contributed by atoms with Crippen LogP contribution < -0.4 is 5.56 Å². The van der Waals surface area contributed by atoms with Gasteiger partial charge in [0.2, 0.25) is 0 Å². The number of pyridine rings is 1. The SMILES string of the molecule is O=c1[nH]c(C=Cc2ccc(-c3ccccc3Cl)o2)nc2cnccc12. The largest absolute Gasteiger partial charge is 0.457 e. The molecule has 0 saturated carbocycles. The Morgan fingerprint density at radius 1 is 1.08 bits per heavy atom. The first-order valence-electron chi connectivity index (χ1n) is 7.57. The van der Waals surface area contributed by atoms with Crippen LogP contribution >= 0.6 is 11.6 Å². The van der Waals surface area contributed by atoms with E-state index in [-0.39, 0.29) is 5.56 Å². The summed E-state index contributed by atoms with van der Waals surface area (Å²) in [6, 6.07) is 12.8. The van der Waals surface area contributed by atoms with Crippen molar-refractivity contribution in [2.75, 3.05) is 0 Å². The van der Waals surface area contributed by atoms with Crippen molar-refractivity contribution in [1.29, 1.82) is 0 Å². The van der Waals surface area contributed by atoms with Gasteiger partial charge < -0.3 is 9.40 Å². The molecule has 0 aliphatic rings. The summed E-state index contributed by atoms with van der Waals surface area (Å²) in [5.74, 6) is 1.74. The Morgan fingerprint density at radius 2 is 1.96 bits per heavy atom. The fraction of sp³-hybridized carbons (Fsp3) is 0. The summed E-state index contributed by atoms with van der Waals surface area (Å²) < 4.78 is 5.79. The number of nitrogens with zero attached hydrogens (tertiary/aromatic N) is 2. The number of nitrogens with one attached hydrogen (secondary N) is 1. The van der Waals surface area contributed by atoms with Crippen molar-refractivity contribution in [1.82, 2.24) is 15.0 Å². The third kappa shape index (κ3) is 3.09. The van der Waals surface area contributed by atoms with E-state index in [2.05, 4.69) is 15.0 Å². The van der Waals surface area contributed by atoms with Gasteiger partial charge in [0.05, 0.1) is 22.1 Å². The first-order valence-corrected chi connectivity index (χ1v) is 7.95. The molecular weight excluding hydrogens is 338 g/mol. The van der Waals surface area contributed by atoms with Gasteiger partial charge in [-0.2, -0.15) is 0 Å². The van der Waals surface area contributed by atoms with Gasteiger partial charge in [-0.25, -0.2) is 4.98 Å². The van der Waals surface area contributed by atoms with Crippen LogP contribution in [-0.4, -0.2) is 15.0 Å². The molecule has 122 valence electrons. The molecule has 0 amide bonds. The van der Waals surface area contributed by atoms with Crippen molar-refractivity contribution in [3.63, 3.8) is 0 Å². The summed E-state index contributed by atoms with van der Waals surface area (Å²) in [5.41, 5.74) is 1.16. The molecule has 6 heteroatoms. The fourth-order valence-corrected chi connectivity index (χ4v) is 2.73. The van der Waals surface area contributed by atoms with E-state index in [1.54, 1.807) is 30.6 Å². The van der Waals surface area contributed by atoms with Crippen LogP contribution in [-0.2, 0) is 0 Å². The predicted octanol–water partition coefficient (Wildman–Crippen LogP) is 4.40. The zero-order valence-corrected chi connectivity index (χ0v) is 13.7. The maximum absolute atomic E-state index is 12.0. The second-order valence-corrected chi connectivity index (χ2v) is 5.77. The molecule has 5 nitrogen and oxygen atoms in total. The van der Waals surface area contributed by atoms with Crippen LogP contribution in [0.2, 0.25) is 5.02 Å². The van der Waals surface area contributed by atoms with E-state index in [0.29, 0.717) is 33.3 Å². The molecule has 0 aliphatic carbocycles. The highest BCUT2D eigenvalue weighted by atomic mass is 35.5. The Balaban J connectivity index is 1.65. The molecule has 0 bridgehead atoms. The van der Waals surface area contributed by atoms with Gasteiger partial charge in [0.1, 0.15) is 17.3 Å². The highest BCUT2D eigenvalue weighted by molar-refractivity contribution is 6.33. The minimum atomic E-state index is -0.205. The van der Waals surface area contributed by atoms with Gasteiger partial charge in [0.25, 0.3) is 5.56 Å². The van der Waals surface area contributed by atoms with Gasteiger partial charge in [-0.05, 0) is 42.5 Å². The molecule has 25 heavy (non-hydrogen) atoms. The molecule has 0 atom stereocenters. The lowest BCUT2D eigenvalue weighted by Gasteiger charge is -1.99. The molecule has 0 saturated heterocycles. The first kappa shape index (κ1) is 15.4. The van der Waals surface area contributed by atoms with Crippen molar-refractivity contribution in [3.05, 3.63) is 81.8 Å². The monoisotopic (exact) mass is 349 g/mol. The summed E-state index contributed by atoms with van der Waals surface area (Å²) in [7, 11) is 0. The van der Waals surface area contributed by atoms with Crippen LogP contribution in [0.3, 0.4) is 0 Å². The van der Waals surface area contributed by atoms with Crippen molar-refractivity contribution in [3.8, 4) is 11.3 Å². The zero-order chi connectivity index (χ0) is 17.2. The average molecular weight is 350 g/mol. The van der Waals surface area contributed by atoms with E-state index in [1.165, 1.54) is 0 Å². The van der Waals surface area contributed by atoms with Gasteiger partial charge >= 0.3 is 0 Å². The number of halogens is 1. The Kier molecular flexibility index (Phi) is 3.91. The molecule has 0 unspecified atom stereocenters. The first-order chi connectivity index (χ1) is 12.2. The molecule has 0 radical (unpaired) electrons. The Morgan fingerprint density at radius 3 is 2.84 bits per heavy atom. The minimum Gasteiger partial charge on any atom is -0.457 e. The van der Waals surface area contributed by atoms with Gasteiger partial charge in [-0.15, -0.1) is 0 Å². The standard InChI is InChI=1S/C19H12ClN3O2/c20-15-4-2-1-3-13(15)17-7-5-12(25-17)6-8-18-22-16-11-21-10-9-14(16)19(24)23-18/h1-11H,(H,22,23,24). The van der Waals surface area contributed by atoms with Gasteiger partial charge in [-0.1, -0.05) is 23.7 Å². The minimum absolute atomic E-state index is 0.205. The number of aromatic nitrogens is 3. The van der Waals surface area contributed by atoms with Crippen LogP contribution in [0.5, 0.6) is 0 Å². The number of hydrogen-bond donors (Lipinski definition) is 1. The molecule has 1 aromatic carbocycles. The van der Waals surface area contributed by atoms with Crippen molar-refractivity contribution in [2.24, 2.45) is 0 Å². The van der Waals surface area contributed by atoms with E-state index in [4.69, 9.17) is 16.0 Å². The van der Waals surface area contributed by atoms with E-state index in [1.807, 2.05) is 36.4 Å². The Bertz CT molecular complexity index is 1140. The number of furan rings is 1. The van der Waals surface area contributed by atoms with Gasteiger partial charge in [-0.3, -0.25) is 9.78 Å². The average Bonchev–Trinajstić information content (AvgIpc) is 3.09. The normalized spacial score (nSPS) is 11.4. The summed E-state index contributed by atoms with van der Waals surface area (Å²) in [4.78, 5) is 23.1. The number of hydrogen-bond acceptors (Lipinski definition) is 4. The smallest absolute Gasteiger partial charge is 0.259 e. The van der Waals surface area contributed by atoms with Crippen LogP contribution in [0.4, 0.5) is 0 Å². The van der Waals surface area contributed by atoms with E-state index < -0.39 is 0 Å². The predicted molar refractivity (Wildman–Crippen MR) is 98.2 cm³/mol. The highest BCUT2D eigenvalue weighted by Gasteiger charge is 2.07. The van der Waals surface area contributed by atoms with Gasteiger partial charge in [0, 0.05) is 11.8 Å². The molecule has 0 fully saturated rings. The van der Waals surface area contributed by atoms with E-state index in [0.717, 1.165) is 5.56 Å². The van der Waals surface area contributed by atoms with Crippen molar-refractivity contribution < 1.29 is 4.42 Å². The quantitative estimate of drug-likeness (QED) is 0.595. The number of rotatable bonds is 3. The summed E-state index contributed by atoms with van der Waals surface area (Å²) in [5, 5.41) is 1.13. The van der Waals surface area contributed by atoms with Crippen molar-refractivity contribution in [2.45, 2.75) is 0 Å². The number of aromatic amines is 1. The summed E-state index contributed by atoms with van der Waals surface area (Å²) in [6.45, 7) is 0. The second-order valence-electron chi connectivity index (χ2n) is 5.36. The van der Waals surface area contributed by atoms with E-state index >= 15 is 0 Å². The number of benzene rings is 1. The lowest BCUT2D eigenvalue weighted by atomic mass is 10.2. The number of H-pyrrole nitrogens is 1.